The molecule has 0 bridgehead atoms. The second-order valence-electron chi connectivity index (χ2n) is 5.87. The van der Waals surface area contributed by atoms with E-state index in [0.717, 1.165) is 39.0 Å². The fourth-order valence-electron chi connectivity index (χ4n) is 2.84. The van der Waals surface area contributed by atoms with Gasteiger partial charge in [0.05, 0.1) is 23.0 Å². The topological polar surface area (TPSA) is 66.5 Å². The summed E-state index contributed by atoms with van der Waals surface area (Å²) in [6.07, 6.45) is 3.50. The molecule has 3 aromatic rings. The average molecular weight is 305 g/mol. The summed E-state index contributed by atoms with van der Waals surface area (Å²) in [6.45, 7) is 6.76. The van der Waals surface area contributed by atoms with Gasteiger partial charge in [0, 0.05) is 36.4 Å². The third-order valence-electron chi connectivity index (χ3n) is 4.22. The number of aromatic nitrogens is 3. The average Bonchev–Trinajstić information content (AvgIpc) is 2.84. The molecule has 3 rings (SSSR count). The normalized spacial score (nSPS) is 10.7. The Morgan fingerprint density at radius 1 is 1.22 bits per heavy atom. The van der Waals surface area contributed by atoms with Gasteiger partial charge in [0.2, 0.25) is 0 Å². The minimum absolute atomic E-state index is 0.559. The minimum Gasteiger partial charge on any atom is -0.379 e. The lowest BCUT2D eigenvalue weighted by Gasteiger charge is -2.13. The Hall–Kier alpha value is -2.87. The molecule has 1 N–H and O–H groups in total. The molecule has 5 heteroatoms. The number of pyridine rings is 1. The molecule has 0 atom stereocenters. The molecular weight excluding hydrogens is 286 g/mol. The second-order valence-corrected chi connectivity index (χ2v) is 5.87. The summed E-state index contributed by atoms with van der Waals surface area (Å²) in [5, 5.41) is 18.1. The van der Waals surface area contributed by atoms with E-state index in [1.165, 1.54) is 0 Å². The Morgan fingerprint density at radius 2 is 2.00 bits per heavy atom. The number of rotatable bonds is 3. The molecule has 1 aromatic carbocycles. The number of fused-ring (bicyclic) bond motifs is 1. The van der Waals surface area contributed by atoms with E-state index >= 15 is 0 Å². The lowest BCUT2D eigenvalue weighted by molar-refractivity contribution is 0.738. The first-order valence-corrected chi connectivity index (χ1v) is 7.52. The summed E-state index contributed by atoms with van der Waals surface area (Å²) in [5.74, 6) is 0. The quantitative estimate of drug-likeness (QED) is 0.805. The third-order valence-corrected chi connectivity index (χ3v) is 4.22. The first-order valence-electron chi connectivity index (χ1n) is 7.52. The van der Waals surface area contributed by atoms with E-state index in [9.17, 15) is 5.26 Å². The van der Waals surface area contributed by atoms with Crippen LogP contribution < -0.4 is 5.32 Å². The van der Waals surface area contributed by atoms with Crippen molar-refractivity contribution in [3.63, 3.8) is 0 Å². The third kappa shape index (κ3) is 2.64. The molecule has 0 saturated carbocycles. The maximum atomic E-state index is 9.43. The highest BCUT2D eigenvalue weighted by atomic mass is 15.3. The largest absolute Gasteiger partial charge is 0.379 e. The summed E-state index contributed by atoms with van der Waals surface area (Å²) < 4.78 is 1.85. The van der Waals surface area contributed by atoms with Gasteiger partial charge in [-0.15, -0.1) is 0 Å². The van der Waals surface area contributed by atoms with Crippen molar-refractivity contribution >= 4 is 16.6 Å². The smallest absolute Gasteiger partial charge is 0.103 e. The number of nitrogens with one attached hydrogen (secondary N) is 1. The monoisotopic (exact) mass is 305 g/mol. The van der Waals surface area contributed by atoms with Crippen LogP contribution >= 0.6 is 0 Å². The molecule has 0 aliphatic carbocycles. The SMILES string of the molecule is Cc1cc(C)c2ncc(C#N)c(NCc3cnn(C)c3C)c2c1. The van der Waals surface area contributed by atoms with Crippen LogP contribution in [0.25, 0.3) is 10.9 Å². The van der Waals surface area contributed by atoms with E-state index in [1.54, 1.807) is 6.20 Å². The molecule has 0 saturated heterocycles. The molecule has 0 aliphatic rings. The van der Waals surface area contributed by atoms with Gasteiger partial charge < -0.3 is 5.32 Å². The molecule has 23 heavy (non-hydrogen) atoms. The summed E-state index contributed by atoms with van der Waals surface area (Å²) in [6, 6.07) is 6.42. The van der Waals surface area contributed by atoms with Gasteiger partial charge in [0.15, 0.2) is 0 Å². The zero-order valence-electron chi connectivity index (χ0n) is 13.8. The number of anilines is 1. The first-order chi connectivity index (χ1) is 11.0. The van der Waals surface area contributed by atoms with E-state index in [-0.39, 0.29) is 0 Å². The molecule has 2 aromatic heterocycles. The van der Waals surface area contributed by atoms with Crippen LogP contribution in [0.5, 0.6) is 0 Å². The maximum Gasteiger partial charge on any atom is 0.103 e. The highest BCUT2D eigenvalue weighted by Crippen LogP contribution is 2.29. The van der Waals surface area contributed by atoms with Crippen molar-refractivity contribution in [2.45, 2.75) is 27.3 Å². The van der Waals surface area contributed by atoms with E-state index in [0.29, 0.717) is 12.1 Å². The van der Waals surface area contributed by atoms with Crippen LogP contribution in [0.1, 0.15) is 27.9 Å². The van der Waals surface area contributed by atoms with E-state index in [4.69, 9.17) is 0 Å². The van der Waals surface area contributed by atoms with Gasteiger partial charge >= 0.3 is 0 Å². The second kappa shape index (κ2) is 5.73. The number of nitriles is 1. The van der Waals surface area contributed by atoms with E-state index in [1.807, 2.05) is 31.8 Å². The summed E-state index contributed by atoms with van der Waals surface area (Å²) in [5.41, 5.74) is 6.83. The van der Waals surface area contributed by atoms with Gasteiger partial charge in [-0.3, -0.25) is 9.67 Å². The molecule has 0 radical (unpaired) electrons. The van der Waals surface area contributed by atoms with Gasteiger partial charge in [0.25, 0.3) is 0 Å². The van der Waals surface area contributed by atoms with Crippen molar-refractivity contribution in [2.24, 2.45) is 7.05 Å². The lowest BCUT2D eigenvalue weighted by Crippen LogP contribution is -2.04. The number of hydrogen-bond donors (Lipinski definition) is 1. The van der Waals surface area contributed by atoms with Gasteiger partial charge in [0.1, 0.15) is 6.07 Å². The molecule has 116 valence electrons. The molecule has 2 heterocycles. The fraction of sp³-hybridized carbons (Fsp3) is 0.278. The fourth-order valence-corrected chi connectivity index (χ4v) is 2.84. The predicted octanol–water partition coefficient (Wildman–Crippen LogP) is 3.38. The first kappa shape index (κ1) is 15.0. The summed E-state index contributed by atoms with van der Waals surface area (Å²) in [4.78, 5) is 4.45. The van der Waals surface area contributed by atoms with Crippen LogP contribution in [0, 0.1) is 32.1 Å². The molecular formula is C18H19N5. The summed E-state index contributed by atoms with van der Waals surface area (Å²) >= 11 is 0. The highest BCUT2D eigenvalue weighted by Gasteiger charge is 2.12. The van der Waals surface area contributed by atoms with Gasteiger partial charge in [-0.2, -0.15) is 10.4 Å². The van der Waals surface area contributed by atoms with Crippen molar-refractivity contribution < 1.29 is 0 Å². The Kier molecular flexibility index (Phi) is 3.75. The van der Waals surface area contributed by atoms with Crippen LogP contribution in [-0.2, 0) is 13.6 Å². The number of hydrogen-bond acceptors (Lipinski definition) is 4. The molecule has 0 unspecified atom stereocenters. The van der Waals surface area contributed by atoms with Crippen LogP contribution in [0.3, 0.4) is 0 Å². The van der Waals surface area contributed by atoms with Crippen LogP contribution in [0.4, 0.5) is 5.69 Å². The maximum absolute atomic E-state index is 9.43. The lowest BCUT2D eigenvalue weighted by atomic mass is 10.0. The van der Waals surface area contributed by atoms with Crippen LogP contribution in [0.15, 0.2) is 24.5 Å². The highest BCUT2D eigenvalue weighted by molar-refractivity contribution is 5.96. The molecule has 0 amide bonds. The van der Waals surface area contributed by atoms with Gasteiger partial charge in [-0.1, -0.05) is 11.6 Å². The van der Waals surface area contributed by atoms with Crippen LogP contribution in [0.2, 0.25) is 0 Å². The van der Waals surface area contributed by atoms with Crippen molar-refractivity contribution in [3.05, 3.63) is 52.5 Å². The number of aryl methyl sites for hydroxylation is 3. The standard InChI is InChI=1S/C18H19N5/c1-11-5-12(2)17-16(6-11)18(14(7-19)8-20-17)21-9-15-10-22-23(4)13(15)3/h5-6,8,10H,9H2,1-4H3,(H,20,21). The Bertz CT molecular complexity index is 931. The van der Waals surface area contributed by atoms with Crippen molar-refractivity contribution in [1.82, 2.24) is 14.8 Å². The van der Waals surface area contributed by atoms with Crippen molar-refractivity contribution in [1.29, 1.82) is 5.26 Å². The zero-order valence-corrected chi connectivity index (χ0v) is 13.8. The molecule has 0 aliphatic heterocycles. The van der Waals surface area contributed by atoms with Gasteiger partial charge in [-0.05, 0) is 32.4 Å². The van der Waals surface area contributed by atoms with Crippen LogP contribution in [-0.4, -0.2) is 14.8 Å². The number of benzene rings is 1. The zero-order chi connectivity index (χ0) is 16.6. The van der Waals surface area contributed by atoms with E-state index < -0.39 is 0 Å². The number of nitrogens with zero attached hydrogens (tertiary/aromatic N) is 4. The Balaban J connectivity index is 2.08. The molecule has 5 nitrogen and oxygen atoms in total. The van der Waals surface area contributed by atoms with E-state index in [2.05, 4.69) is 40.5 Å². The van der Waals surface area contributed by atoms with Crippen molar-refractivity contribution in [2.75, 3.05) is 5.32 Å². The Labute approximate surface area is 135 Å². The Morgan fingerprint density at radius 3 is 2.65 bits per heavy atom. The van der Waals surface area contributed by atoms with Gasteiger partial charge in [-0.25, -0.2) is 0 Å². The summed E-state index contributed by atoms with van der Waals surface area (Å²) in [7, 11) is 1.92. The predicted molar refractivity (Wildman–Crippen MR) is 91.2 cm³/mol. The molecule has 0 fully saturated rings. The molecule has 0 spiro atoms. The van der Waals surface area contributed by atoms with Crippen molar-refractivity contribution in [3.8, 4) is 6.07 Å². The minimum atomic E-state index is 0.559.